The van der Waals surface area contributed by atoms with Crippen LogP contribution in [0.15, 0.2) is 41.3 Å². The van der Waals surface area contributed by atoms with Gasteiger partial charge in [-0.2, -0.15) is 0 Å². The zero-order valence-electron chi connectivity index (χ0n) is 18.9. The Morgan fingerprint density at radius 1 is 1.16 bits per heavy atom. The summed E-state index contributed by atoms with van der Waals surface area (Å²) in [6, 6.07) is 12.0. The van der Waals surface area contributed by atoms with Crippen LogP contribution in [0.4, 0.5) is 5.69 Å². The summed E-state index contributed by atoms with van der Waals surface area (Å²) in [5.41, 5.74) is 4.91. The van der Waals surface area contributed by atoms with Crippen LogP contribution in [-0.4, -0.2) is 57.0 Å². The number of ether oxygens (including phenoxy) is 1. The molecule has 2 aliphatic heterocycles. The van der Waals surface area contributed by atoms with E-state index in [4.69, 9.17) is 4.74 Å². The minimum atomic E-state index is -0.0838. The molecule has 2 amide bonds. The number of nitrogens with zero attached hydrogens (tertiary/aromatic N) is 1. The number of amides is 2. The smallest absolute Gasteiger partial charge is 0.251 e. The van der Waals surface area contributed by atoms with E-state index in [-0.39, 0.29) is 11.8 Å². The molecule has 1 fully saturated rings. The van der Waals surface area contributed by atoms with Crippen molar-refractivity contribution < 1.29 is 19.2 Å². The number of benzene rings is 2. The molecule has 7 heteroatoms. The number of carbonyl (C=O) groups excluding carboxylic acids is 2. The third-order valence-corrected chi connectivity index (χ3v) is 7.24. The monoisotopic (exact) mass is 454 g/mol. The Bertz CT molecular complexity index is 988. The highest BCUT2D eigenvalue weighted by molar-refractivity contribution is 8.00. The van der Waals surface area contributed by atoms with E-state index in [1.54, 1.807) is 11.8 Å². The molecule has 0 unspecified atom stereocenters. The Morgan fingerprint density at radius 2 is 1.97 bits per heavy atom. The fourth-order valence-corrected chi connectivity index (χ4v) is 5.13. The zero-order valence-corrected chi connectivity index (χ0v) is 19.7. The summed E-state index contributed by atoms with van der Waals surface area (Å²) in [6.07, 6.45) is 0.944. The van der Waals surface area contributed by atoms with E-state index in [0.29, 0.717) is 24.4 Å². The van der Waals surface area contributed by atoms with Crippen molar-refractivity contribution in [2.24, 2.45) is 0 Å². The second-order valence-electron chi connectivity index (χ2n) is 8.60. The van der Waals surface area contributed by atoms with Gasteiger partial charge < -0.3 is 19.9 Å². The van der Waals surface area contributed by atoms with E-state index >= 15 is 0 Å². The number of rotatable bonds is 7. The minimum Gasteiger partial charge on any atom is -0.370 e. The highest BCUT2D eigenvalue weighted by Gasteiger charge is 2.26. The number of morpholine rings is 1. The van der Waals surface area contributed by atoms with Gasteiger partial charge in [0.25, 0.3) is 5.91 Å². The molecule has 0 radical (unpaired) electrons. The van der Waals surface area contributed by atoms with Crippen molar-refractivity contribution in [2.75, 3.05) is 50.0 Å². The molecule has 2 N–H and O–H groups in total. The molecule has 0 aromatic heterocycles. The fourth-order valence-electron chi connectivity index (χ4n) is 4.21. The average molecular weight is 455 g/mol. The normalized spacial score (nSPS) is 16.7. The Morgan fingerprint density at radius 3 is 2.78 bits per heavy atom. The molecule has 0 aliphatic carbocycles. The van der Waals surface area contributed by atoms with Crippen LogP contribution in [0.5, 0.6) is 0 Å². The number of thioether (sulfide) groups is 1. The molecule has 1 saturated heterocycles. The summed E-state index contributed by atoms with van der Waals surface area (Å²) in [5, 5.41) is 3.04. The Kier molecular flexibility index (Phi) is 7.50. The predicted molar refractivity (Wildman–Crippen MR) is 128 cm³/mol. The van der Waals surface area contributed by atoms with Crippen LogP contribution in [0.2, 0.25) is 0 Å². The van der Waals surface area contributed by atoms with Gasteiger partial charge in [-0.15, -0.1) is 11.8 Å². The Balaban J connectivity index is 1.42. The summed E-state index contributed by atoms with van der Waals surface area (Å²) >= 11 is 1.54. The molecule has 0 spiro atoms. The second kappa shape index (κ2) is 10.5. The fraction of sp³-hybridized carbons (Fsp3) is 0.440. The van der Waals surface area contributed by atoms with Crippen molar-refractivity contribution in [1.82, 2.24) is 5.32 Å². The lowest BCUT2D eigenvalue weighted by Gasteiger charge is -2.30. The Labute approximate surface area is 194 Å². The van der Waals surface area contributed by atoms with E-state index in [9.17, 15) is 9.59 Å². The third-order valence-electron chi connectivity index (χ3n) is 6.19. The molecule has 6 nitrogen and oxygen atoms in total. The van der Waals surface area contributed by atoms with Gasteiger partial charge in [-0.25, -0.2) is 0 Å². The van der Waals surface area contributed by atoms with E-state index in [0.717, 1.165) is 55.4 Å². The summed E-state index contributed by atoms with van der Waals surface area (Å²) < 4.78 is 5.39. The predicted octanol–water partition coefficient (Wildman–Crippen LogP) is 1.98. The van der Waals surface area contributed by atoms with E-state index in [1.807, 2.05) is 23.1 Å². The summed E-state index contributed by atoms with van der Waals surface area (Å²) in [4.78, 5) is 30.0. The SMILES string of the molecule is Cc1ccc(C)c(CN2C(=O)CSc3ccc(C(=O)NCCC[NH+]4CCOCC4)cc32)c1. The maximum absolute atomic E-state index is 12.8. The quantitative estimate of drug-likeness (QED) is 0.628. The molecular weight excluding hydrogens is 422 g/mol. The largest absolute Gasteiger partial charge is 0.370 e. The van der Waals surface area contributed by atoms with Gasteiger partial charge in [0.15, 0.2) is 0 Å². The third kappa shape index (κ3) is 5.52. The molecule has 32 heavy (non-hydrogen) atoms. The molecule has 2 aromatic carbocycles. The molecule has 2 aliphatic rings. The number of carbonyl (C=O) groups is 2. The van der Waals surface area contributed by atoms with Crippen LogP contribution in [0, 0.1) is 13.8 Å². The molecular formula is C25H32N3O3S+. The molecule has 4 rings (SSSR count). The first-order chi connectivity index (χ1) is 15.5. The van der Waals surface area contributed by atoms with Crippen molar-refractivity contribution in [3.05, 3.63) is 58.7 Å². The minimum absolute atomic E-state index is 0.0782. The first kappa shape index (κ1) is 22.8. The van der Waals surface area contributed by atoms with Gasteiger partial charge in [0.2, 0.25) is 5.91 Å². The van der Waals surface area contributed by atoms with E-state index in [1.165, 1.54) is 16.0 Å². The zero-order chi connectivity index (χ0) is 22.5. The standard InChI is InChI=1S/C25H31N3O3S/c1-18-4-5-19(2)21(14-18)16-28-22-15-20(6-7-23(22)32-17-24(28)29)25(30)26-8-3-9-27-10-12-31-13-11-27/h4-7,14-15H,3,8-13,16-17H2,1-2H3,(H,26,30)/p+1. The maximum atomic E-state index is 12.8. The molecule has 0 bridgehead atoms. The molecule has 170 valence electrons. The summed E-state index contributed by atoms with van der Waals surface area (Å²) in [7, 11) is 0. The van der Waals surface area contributed by atoms with E-state index < -0.39 is 0 Å². The highest BCUT2D eigenvalue weighted by atomic mass is 32.2. The maximum Gasteiger partial charge on any atom is 0.251 e. The molecule has 0 atom stereocenters. The van der Waals surface area contributed by atoms with Crippen LogP contribution in [-0.2, 0) is 16.1 Å². The number of aryl methyl sites for hydroxylation is 2. The number of fused-ring (bicyclic) bond motifs is 1. The lowest BCUT2D eigenvalue weighted by atomic mass is 10.0. The number of anilines is 1. The van der Waals surface area contributed by atoms with Crippen molar-refractivity contribution >= 4 is 29.3 Å². The lowest BCUT2D eigenvalue weighted by molar-refractivity contribution is -0.908. The van der Waals surface area contributed by atoms with Crippen LogP contribution in [0.1, 0.15) is 33.5 Å². The summed E-state index contributed by atoms with van der Waals surface area (Å²) in [5.74, 6) is 0.418. The van der Waals surface area contributed by atoms with Gasteiger partial charge in [-0.3, -0.25) is 9.59 Å². The van der Waals surface area contributed by atoms with Gasteiger partial charge in [0, 0.05) is 23.4 Å². The number of nitrogens with one attached hydrogen (secondary N) is 2. The number of hydrogen-bond acceptors (Lipinski definition) is 4. The van der Waals surface area contributed by atoms with Crippen molar-refractivity contribution in [3.63, 3.8) is 0 Å². The summed E-state index contributed by atoms with van der Waals surface area (Å²) in [6.45, 7) is 10.1. The lowest BCUT2D eigenvalue weighted by Crippen LogP contribution is -3.14. The van der Waals surface area contributed by atoms with Crippen LogP contribution < -0.4 is 15.1 Å². The van der Waals surface area contributed by atoms with E-state index in [2.05, 4.69) is 37.4 Å². The van der Waals surface area contributed by atoms with Gasteiger partial charge in [-0.1, -0.05) is 23.8 Å². The molecule has 0 saturated carbocycles. The van der Waals surface area contributed by atoms with Crippen LogP contribution >= 0.6 is 11.8 Å². The van der Waals surface area contributed by atoms with Gasteiger partial charge >= 0.3 is 0 Å². The first-order valence-corrected chi connectivity index (χ1v) is 12.3. The average Bonchev–Trinajstić information content (AvgIpc) is 2.81. The van der Waals surface area contributed by atoms with Crippen molar-refractivity contribution in [3.8, 4) is 0 Å². The Hall–Kier alpha value is -2.35. The van der Waals surface area contributed by atoms with Gasteiger partial charge in [-0.05, 0) is 43.2 Å². The van der Waals surface area contributed by atoms with Crippen LogP contribution in [0.25, 0.3) is 0 Å². The van der Waals surface area contributed by atoms with Crippen molar-refractivity contribution in [2.45, 2.75) is 31.7 Å². The van der Waals surface area contributed by atoms with Gasteiger partial charge in [0.1, 0.15) is 13.1 Å². The first-order valence-electron chi connectivity index (χ1n) is 11.3. The van der Waals surface area contributed by atoms with Crippen molar-refractivity contribution in [1.29, 1.82) is 0 Å². The van der Waals surface area contributed by atoms with Gasteiger partial charge in [0.05, 0.1) is 37.7 Å². The highest BCUT2D eigenvalue weighted by Crippen LogP contribution is 2.37. The molecule has 2 aromatic rings. The number of hydrogen-bond donors (Lipinski definition) is 2. The number of quaternary nitrogens is 1. The second-order valence-corrected chi connectivity index (χ2v) is 9.62. The molecule has 2 heterocycles. The topological polar surface area (TPSA) is 63.1 Å². The van der Waals surface area contributed by atoms with Crippen LogP contribution in [0.3, 0.4) is 0 Å².